The SMILES string of the molecule is Cc1[nH]c2ccccc2c1C1(C(=O)NCc2ccco2)CC1. The summed E-state index contributed by atoms with van der Waals surface area (Å²) >= 11 is 0. The van der Waals surface area contributed by atoms with Crippen molar-refractivity contribution in [2.75, 3.05) is 0 Å². The van der Waals surface area contributed by atoms with Gasteiger partial charge < -0.3 is 14.7 Å². The smallest absolute Gasteiger partial charge is 0.231 e. The van der Waals surface area contributed by atoms with Crippen LogP contribution in [0.25, 0.3) is 10.9 Å². The van der Waals surface area contributed by atoms with Crippen LogP contribution in [0.4, 0.5) is 0 Å². The summed E-state index contributed by atoms with van der Waals surface area (Å²) in [6, 6.07) is 11.9. The number of H-pyrrole nitrogens is 1. The first-order chi connectivity index (χ1) is 10.7. The highest BCUT2D eigenvalue weighted by atomic mass is 16.3. The summed E-state index contributed by atoms with van der Waals surface area (Å²) in [7, 11) is 0. The van der Waals surface area contributed by atoms with E-state index in [0.717, 1.165) is 40.8 Å². The maximum Gasteiger partial charge on any atom is 0.231 e. The highest BCUT2D eigenvalue weighted by Crippen LogP contribution is 2.52. The number of amides is 1. The van der Waals surface area contributed by atoms with Crippen molar-refractivity contribution in [3.8, 4) is 0 Å². The van der Waals surface area contributed by atoms with Gasteiger partial charge in [0.2, 0.25) is 5.91 Å². The molecule has 0 unspecified atom stereocenters. The number of carbonyl (C=O) groups is 1. The van der Waals surface area contributed by atoms with E-state index in [1.165, 1.54) is 0 Å². The van der Waals surface area contributed by atoms with Gasteiger partial charge in [-0.15, -0.1) is 0 Å². The molecule has 1 aliphatic carbocycles. The molecule has 4 rings (SSSR count). The van der Waals surface area contributed by atoms with Crippen LogP contribution in [-0.4, -0.2) is 10.9 Å². The zero-order chi connectivity index (χ0) is 15.2. The van der Waals surface area contributed by atoms with Gasteiger partial charge >= 0.3 is 0 Å². The van der Waals surface area contributed by atoms with Gasteiger partial charge in [-0.2, -0.15) is 0 Å². The maximum atomic E-state index is 12.8. The zero-order valence-corrected chi connectivity index (χ0v) is 12.5. The molecule has 1 saturated carbocycles. The monoisotopic (exact) mass is 294 g/mol. The standard InChI is InChI=1S/C18H18N2O2/c1-12-16(14-6-2-3-7-15(14)20-12)18(8-9-18)17(21)19-11-13-5-4-10-22-13/h2-7,10,20H,8-9,11H2,1H3,(H,19,21). The number of para-hydroxylation sites is 1. The number of rotatable bonds is 4. The van der Waals surface area contributed by atoms with E-state index >= 15 is 0 Å². The average molecular weight is 294 g/mol. The minimum Gasteiger partial charge on any atom is -0.467 e. The Labute approximate surface area is 128 Å². The Balaban J connectivity index is 1.65. The lowest BCUT2D eigenvalue weighted by atomic mass is 9.92. The number of hydrogen-bond donors (Lipinski definition) is 2. The second-order valence-corrected chi connectivity index (χ2v) is 6.01. The molecule has 1 aliphatic rings. The van der Waals surface area contributed by atoms with E-state index in [9.17, 15) is 4.79 Å². The van der Waals surface area contributed by atoms with E-state index in [0.29, 0.717) is 6.54 Å². The Bertz CT molecular complexity index is 826. The first-order valence-electron chi connectivity index (χ1n) is 7.59. The molecular formula is C18H18N2O2. The van der Waals surface area contributed by atoms with E-state index < -0.39 is 0 Å². The van der Waals surface area contributed by atoms with Crippen molar-refractivity contribution in [1.29, 1.82) is 0 Å². The molecule has 112 valence electrons. The third kappa shape index (κ3) is 1.95. The van der Waals surface area contributed by atoms with Crippen molar-refractivity contribution in [3.05, 3.63) is 59.7 Å². The van der Waals surface area contributed by atoms with Crippen LogP contribution >= 0.6 is 0 Å². The number of hydrogen-bond acceptors (Lipinski definition) is 2. The fourth-order valence-electron chi connectivity index (χ4n) is 3.36. The van der Waals surface area contributed by atoms with Crippen LogP contribution < -0.4 is 5.32 Å². The quantitative estimate of drug-likeness (QED) is 0.774. The number of benzene rings is 1. The second kappa shape index (κ2) is 4.77. The molecule has 1 fully saturated rings. The van der Waals surface area contributed by atoms with Crippen LogP contribution in [0.5, 0.6) is 0 Å². The van der Waals surface area contributed by atoms with Gasteiger partial charge in [-0.3, -0.25) is 4.79 Å². The Morgan fingerprint density at radius 2 is 2.09 bits per heavy atom. The van der Waals surface area contributed by atoms with E-state index in [1.807, 2.05) is 24.3 Å². The first kappa shape index (κ1) is 13.2. The van der Waals surface area contributed by atoms with Crippen molar-refractivity contribution in [3.63, 3.8) is 0 Å². The third-order valence-electron chi connectivity index (χ3n) is 4.56. The molecule has 0 atom stereocenters. The molecule has 0 aliphatic heterocycles. The van der Waals surface area contributed by atoms with Crippen LogP contribution in [0.3, 0.4) is 0 Å². The molecule has 1 aromatic carbocycles. The Morgan fingerprint density at radius 1 is 1.27 bits per heavy atom. The van der Waals surface area contributed by atoms with Gasteiger partial charge in [-0.25, -0.2) is 0 Å². The number of furan rings is 1. The lowest BCUT2D eigenvalue weighted by Gasteiger charge is -2.16. The minimum atomic E-state index is -0.379. The van der Waals surface area contributed by atoms with Crippen molar-refractivity contribution in [2.24, 2.45) is 0 Å². The summed E-state index contributed by atoms with van der Waals surface area (Å²) in [5, 5.41) is 4.18. The minimum absolute atomic E-state index is 0.0942. The van der Waals surface area contributed by atoms with Crippen LogP contribution in [0.2, 0.25) is 0 Å². The fraction of sp³-hybridized carbons (Fsp3) is 0.278. The molecule has 0 radical (unpaired) electrons. The topological polar surface area (TPSA) is 58.0 Å². The van der Waals surface area contributed by atoms with E-state index in [4.69, 9.17) is 4.42 Å². The largest absolute Gasteiger partial charge is 0.467 e. The molecule has 0 bridgehead atoms. The van der Waals surface area contributed by atoms with E-state index in [1.54, 1.807) is 6.26 Å². The molecule has 0 spiro atoms. The van der Waals surface area contributed by atoms with Crippen LogP contribution in [0.1, 0.15) is 29.9 Å². The van der Waals surface area contributed by atoms with Crippen molar-refractivity contribution in [2.45, 2.75) is 31.7 Å². The lowest BCUT2D eigenvalue weighted by Crippen LogP contribution is -2.34. The lowest BCUT2D eigenvalue weighted by molar-refractivity contribution is -0.123. The van der Waals surface area contributed by atoms with Crippen molar-refractivity contribution in [1.82, 2.24) is 10.3 Å². The number of aryl methyl sites for hydroxylation is 1. The maximum absolute atomic E-state index is 12.8. The highest BCUT2D eigenvalue weighted by Gasteiger charge is 2.53. The molecule has 1 amide bonds. The van der Waals surface area contributed by atoms with E-state index in [-0.39, 0.29) is 11.3 Å². The Kier molecular flexibility index (Phi) is 2.86. The molecule has 2 heterocycles. The number of fused-ring (bicyclic) bond motifs is 1. The van der Waals surface area contributed by atoms with Gasteiger partial charge in [-0.1, -0.05) is 18.2 Å². The van der Waals surface area contributed by atoms with Crippen LogP contribution in [-0.2, 0) is 16.8 Å². The third-order valence-corrected chi connectivity index (χ3v) is 4.56. The Morgan fingerprint density at radius 3 is 2.82 bits per heavy atom. The summed E-state index contributed by atoms with van der Waals surface area (Å²) in [5.74, 6) is 0.872. The zero-order valence-electron chi connectivity index (χ0n) is 12.5. The second-order valence-electron chi connectivity index (χ2n) is 6.01. The molecule has 22 heavy (non-hydrogen) atoms. The van der Waals surface area contributed by atoms with Crippen molar-refractivity contribution >= 4 is 16.8 Å². The summed E-state index contributed by atoms with van der Waals surface area (Å²) in [6.45, 7) is 2.49. The molecule has 2 N–H and O–H groups in total. The molecule has 2 aromatic heterocycles. The van der Waals surface area contributed by atoms with E-state index in [2.05, 4.69) is 29.4 Å². The summed E-state index contributed by atoms with van der Waals surface area (Å²) < 4.78 is 5.28. The van der Waals surface area contributed by atoms with Crippen LogP contribution in [0, 0.1) is 6.92 Å². The van der Waals surface area contributed by atoms with Gasteiger partial charge in [0, 0.05) is 16.6 Å². The van der Waals surface area contributed by atoms with Crippen LogP contribution in [0.15, 0.2) is 47.1 Å². The van der Waals surface area contributed by atoms with Crippen molar-refractivity contribution < 1.29 is 9.21 Å². The summed E-state index contributed by atoms with van der Waals surface area (Å²) in [5.41, 5.74) is 2.96. The van der Waals surface area contributed by atoms with Gasteiger partial charge in [-0.05, 0) is 43.5 Å². The molecule has 4 heteroatoms. The van der Waals surface area contributed by atoms with Gasteiger partial charge in [0.25, 0.3) is 0 Å². The Hall–Kier alpha value is -2.49. The first-order valence-corrected chi connectivity index (χ1v) is 7.59. The summed E-state index contributed by atoms with van der Waals surface area (Å²) in [6.07, 6.45) is 3.43. The average Bonchev–Trinajstić information content (AvgIpc) is 3.01. The number of aromatic nitrogens is 1. The number of carbonyl (C=O) groups excluding carboxylic acids is 1. The molecule has 0 saturated heterocycles. The fourth-order valence-corrected chi connectivity index (χ4v) is 3.36. The molecule has 4 nitrogen and oxygen atoms in total. The predicted molar refractivity (Wildman–Crippen MR) is 84.5 cm³/mol. The normalized spacial score (nSPS) is 15.9. The predicted octanol–water partition coefficient (Wildman–Crippen LogP) is 3.42. The molecule has 3 aromatic rings. The molecular weight excluding hydrogens is 276 g/mol. The van der Waals surface area contributed by atoms with Gasteiger partial charge in [0.15, 0.2) is 0 Å². The highest BCUT2D eigenvalue weighted by molar-refractivity contribution is 5.98. The number of nitrogens with one attached hydrogen (secondary N) is 2. The van der Waals surface area contributed by atoms with Gasteiger partial charge in [0.1, 0.15) is 5.76 Å². The number of aromatic amines is 1. The summed E-state index contributed by atoms with van der Waals surface area (Å²) in [4.78, 5) is 16.1. The van der Waals surface area contributed by atoms with Gasteiger partial charge in [0.05, 0.1) is 18.2 Å².